The first-order valence-electron chi connectivity index (χ1n) is 11.2. The average molecular weight is 501 g/mol. The lowest BCUT2D eigenvalue weighted by atomic mass is 9.94. The molecule has 3 aromatic rings. The number of carbonyl (C=O) groups is 1. The summed E-state index contributed by atoms with van der Waals surface area (Å²) in [5, 5.41) is 10.4. The van der Waals surface area contributed by atoms with Gasteiger partial charge in [0, 0.05) is 30.3 Å². The van der Waals surface area contributed by atoms with Gasteiger partial charge in [-0.1, -0.05) is 18.9 Å². The van der Waals surface area contributed by atoms with Crippen LogP contribution in [0, 0.1) is 11.8 Å². The maximum absolute atomic E-state index is 13.1. The highest BCUT2D eigenvalue weighted by molar-refractivity contribution is 7.89. The van der Waals surface area contributed by atoms with E-state index in [0.717, 1.165) is 6.42 Å². The molecule has 2 heterocycles. The number of nitrogens with zero attached hydrogens (tertiary/aromatic N) is 3. The van der Waals surface area contributed by atoms with E-state index in [-0.39, 0.29) is 22.4 Å². The third-order valence-corrected chi connectivity index (χ3v) is 7.68. The van der Waals surface area contributed by atoms with Crippen molar-refractivity contribution >= 4 is 21.9 Å². The second-order valence-electron chi connectivity index (χ2n) is 8.76. The Kier molecular flexibility index (Phi) is 7.08. The van der Waals surface area contributed by atoms with E-state index in [1.165, 1.54) is 42.8 Å². The number of ether oxygens (including phenoxy) is 2. The van der Waals surface area contributed by atoms with Gasteiger partial charge in [-0.15, -0.1) is 5.10 Å². The molecule has 0 aliphatic carbocycles. The van der Waals surface area contributed by atoms with Crippen LogP contribution >= 0.6 is 0 Å². The van der Waals surface area contributed by atoms with E-state index in [2.05, 4.69) is 29.4 Å². The summed E-state index contributed by atoms with van der Waals surface area (Å²) in [6.45, 7) is 5.10. The molecule has 0 unspecified atom stereocenters. The minimum absolute atomic E-state index is 0.0974. The molecular formula is C24H28N4O6S. The summed E-state index contributed by atoms with van der Waals surface area (Å²) < 4.78 is 43.7. The topological polar surface area (TPSA) is 124 Å². The van der Waals surface area contributed by atoms with E-state index in [0.29, 0.717) is 42.0 Å². The standard InChI is InChI=1S/C24H28N4O6S/c1-15-9-16(2)14-28(13-15)35(30,31)21-7-5-17(6-8-21)22(29)25-24-27-26-23(34-24)18-10-19(32-3)12-20(11-18)33-4/h5-8,10-12,15-16H,9,13-14H2,1-4H3,(H,25,27,29)/t15-,16-/m1/s1. The van der Waals surface area contributed by atoms with Gasteiger partial charge < -0.3 is 13.9 Å². The lowest BCUT2D eigenvalue weighted by molar-refractivity contribution is 0.102. The summed E-state index contributed by atoms with van der Waals surface area (Å²) in [5.41, 5.74) is 0.817. The van der Waals surface area contributed by atoms with E-state index in [1.54, 1.807) is 18.2 Å². The van der Waals surface area contributed by atoms with Gasteiger partial charge >= 0.3 is 6.01 Å². The van der Waals surface area contributed by atoms with Crippen molar-refractivity contribution in [3.63, 3.8) is 0 Å². The molecule has 4 rings (SSSR count). The molecular weight excluding hydrogens is 472 g/mol. The third-order valence-electron chi connectivity index (χ3n) is 5.83. The molecule has 11 heteroatoms. The smallest absolute Gasteiger partial charge is 0.322 e. The number of methoxy groups -OCH3 is 2. The van der Waals surface area contributed by atoms with Crippen molar-refractivity contribution in [2.75, 3.05) is 32.6 Å². The number of carbonyl (C=O) groups excluding carboxylic acids is 1. The van der Waals surface area contributed by atoms with Crippen LogP contribution < -0.4 is 14.8 Å². The van der Waals surface area contributed by atoms with Crippen molar-refractivity contribution < 1.29 is 27.1 Å². The minimum Gasteiger partial charge on any atom is -0.497 e. The number of aromatic nitrogens is 2. The van der Waals surface area contributed by atoms with Crippen LogP contribution in [0.15, 0.2) is 51.8 Å². The van der Waals surface area contributed by atoms with Gasteiger partial charge in [-0.25, -0.2) is 8.42 Å². The zero-order chi connectivity index (χ0) is 25.2. The molecule has 1 aliphatic heterocycles. The van der Waals surface area contributed by atoms with Crippen molar-refractivity contribution in [1.29, 1.82) is 0 Å². The molecule has 10 nitrogen and oxygen atoms in total. The molecule has 1 saturated heterocycles. The molecule has 35 heavy (non-hydrogen) atoms. The molecule has 0 bridgehead atoms. The number of hydrogen-bond acceptors (Lipinski definition) is 8. The fourth-order valence-electron chi connectivity index (χ4n) is 4.22. The maximum atomic E-state index is 13.1. The third kappa shape index (κ3) is 5.46. The van der Waals surface area contributed by atoms with Crippen LogP contribution in [0.1, 0.15) is 30.6 Å². The molecule has 0 radical (unpaired) electrons. The molecule has 1 aromatic heterocycles. The fraction of sp³-hybridized carbons (Fsp3) is 0.375. The highest BCUT2D eigenvalue weighted by atomic mass is 32.2. The number of benzene rings is 2. The number of piperidine rings is 1. The van der Waals surface area contributed by atoms with Gasteiger partial charge in [-0.05, 0) is 54.7 Å². The second-order valence-corrected chi connectivity index (χ2v) is 10.7. The van der Waals surface area contributed by atoms with Gasteiger partial charge in [-0.3, -0.25) is 10.1 Å². The molecule has 1 fully saturated rings. The number of sulfonamides is 1. The largest absolute Gasteiger partial charge is 0.497 e. The van der Waals surface area contributed by atoms with E-state index in [4.69, 9.17) is 13.9 Å². The Bertz CT molecular complexity index is 1270. The van der Waals surface area contributed by atoms with Gasteiger partial charge in [0.15, 0.2) is 0 Å². The number of amides is 1. The Hall–Kier alpha value is -3.44. The van der Waals surface area contributed by atoms with Crippen LogP contribution in [0.5, 0.6) is 11.5 Å². The summed E-state index contributed by atoms with van der Waals surface area (Å²) in [6.07, 6.45) is 1.01. The summed E-state index contributed by atoms with van der Waals surface area (Å²) >= 11 is 0. The SMILES string of the molecule is COc1cc(OC)cc(-c2nnc(NC(=O)c3ccc(S(=O)(=O)N4C[C@H](C)C[C@@H](C)C4)cc3)o2)c1. The van der Waals surface area contributed by atoms with Crippen molar-refractivity contribution in [2.45, 2.75) is 25.2 Å². The van der Waals surface area contributed by atoms with Gasteiger partial charge in [0.25, 0.3) is 5.91 Å². The van der Waals surface area contributed by atoms with Crippen LogP contribution in [0.3, 0.4) is 0 Å². The fourth-order valence-corrected chi connectivity index (χ4v) is 5.90. The normalized spacial score (nSPS) is 18.7. The predicted octanol–water partition coefficient (Wildman–Crippen LogP) is 3.67. The number of hydrogen-bond donors (Lipinski definition) is 1. The zero-order valence-corrected chi connectivity index (χ0v) is 20.8. The molecule has 0 spiro atoms. The molecule has 1 aliphatic rings. The lowest BCUT2D eigenvalue weighted by Gasteiger charge is -2.34. The average Bonchev–Trinajstić information content (AvgIpc) is 3.31. The highest BCUT2D eigenvalue weighted by Gasteiger charge is 2.31. The monoisotopic (exact) mass is 500 g/mol. The Morgan fingerprint density at radius 3 is 2.17 bits per heavy atom. The van der Waals surface area contributed by atoms with Gasteiger partial charge in [0.05, 0.1) is 19.1 Å². The van der Waals surface area contributed by atoms with Gasteiger partial charge in [-0.2, -0.15) is 4.31 Å². The molecule has 1 amide bonds. The molecule has 186 valence electrons. The number of anilines is 1. The van der Waals surface area contributed by atoms with Crippen molar-refractivity contribution in [3.8, 4) is 23.0 Å². The second kappa shape index (κ2) is 10.0. The maximum Gasteiger partial charge on any atom is 0.322 e. The van der Waals surface area contributed by atoms with Crippen LogP contribution in [-0.4, -0.2) is 56.1 Å². The number of nitrogens with one attached hydrogen (secondary N) is 1. The highest BCUT2D eigenvalue weighted by Crippen LogP contribution is 2.30. The first-order valence-corrected chi connectivity index (χ1v) is 12.6. The summed E-state index contributed by atoms with van der Waals surface area (Å²) in [6, 6.07) is 10.8. The first-order chi connectivity index (χ1) is 16.7. The van der Waals surface area contributed by atoms with Crippen LogP contribution in [0.4, 0.5) is 6.01 Å². The minimum atomic E-state index is -3.63. The quantitative estimate of drug-likeness (QED) is 0.521. The molecule has 1 N–H and O–H groups in total. The Labute approximate surface area is 204 Å². The van der Waals surface area contributed by atoms with E-state index < -0.39 is 15.9 Å². The van der Waals surface area contributed by atoms with Crippen LogP contribution in [0.25, 0.3) is 11.5 Å². The van der Waals surface area contributed by atoms with E-state index in [9.17, 15) is 13.2 Å². The lowest BCUT2D eigenvalue weighted by Crippen LogP contribution is -2.42. The van der Waals surface area contributed by atoms with Crippen molar-refractivity contribution in [1.82, 2.24) is 14.5 Å². The van der Waals surface area contributed by atoms with E-state index in [1.807, 2.05) is 0 Å². The van der Waals surface area contributed by atoms with E-state index >= 15 is 0 Å². The Morgan fingerprint density at radius 2 is 1.60 bits per heavy atom. The van der Waals surface area contributed by atoms with Crippen molar-refractivity contribution in [2.24, 2.45) is 11.8 Å². The molecule has 0 saturated carbocycles. The van der Waals surface area contributed by atoms with Gasteiger partial charge in [0.2, 0.25) is 15.9 Å². The predicted molar refractivity (Wildman–Crippen MR) is 129 cm³/mol. The first kappa shape index (κ1) is 24.7. The summed E-state index contributed by atoms with van der Waals surface area (Å²) in [5.74, 6) is 1.36. The van der Waals surface area contributed by atoms with Crippen molar-refractivity contribution in [3.05, 3.63) is 48.0 Å². The van der Waals surface area contributed by atoms with Crippen LogP contribution in [0.2, 0.25) is 0 Å². The zero-order valence-electron chi connectivity index (χ0n) is 20.0. The Balaban J connectivity index is 1.47. The molecule has 2 aromatic carbocycles. The number of rotatable bonds is 7. The summed E-state index contributed by atoms with van der Waals surface area (Å²) in [4.78, 5) is 12.8. The van der Waals surface area contributed by atoms with Gasteiger partial charge in [0.1, 0.15) is 11.5 Å². The summed E-state index contributed by atoms with van der Waals surface area (Å²) in [7, 11) is -0.568. The van der Waals surface area contributed by atoms with Crippen LogP contribution in [-0.2, 0) is 10.0 Å². The Morgan fingerprint density at radius 1 is 1.00 bits per heavy atom. The molecule has 2 atom stereocenters.